The lowest BCUT2D eigenvalue weighted by Crippen LogP contribution is -2.12. The molecule has 1 aliphatic heterocycles. The minimum absolute atomic E-state index is 0.0899. The van der Waals surface area contributed by atoms with Crippen molar-refractivity contribution in [2.45, 2.75) is 13.3 Å². The monoisotopic (exact) mass is 490 g/mol. The summed E-state index contributed by atoms with van der Waals surface area (Å²) in [6.07, 6.45) is 1.69. The molecule has 3 aromatic carbocycles. The van der Waals surface area contributed by atoms with Crippen LogP contribution in [-0.2, 0) is 11.2 Å². The summed E-state index contributed by atoms with van der Waals surface area (Å²) in [7, 11) is 6.13. The number of carbonyl (C=O) groups is 2. The number of methoxy groups -OCH3 is 4. The van der Waals surface area contributed by atoms with Crippen LogP contribution in [0.5, 0.6) is 34.5 Å². The van der Waals surface area contributed by atoms with Crippen molar-refractivity contribution < 1.29 is 38.0 Å². The molecule has 0 bridgehead atoms. The molecule has 3 aromatic rings. The molecule has 0 aromatic heterocycles. The van der Waals surface area contributed by atoms with E-state index in [1.54, 1.807) is 68.6 Å². The summed E-state index contributed by atoms with van der Waals surface area (Å²) >= 11 is 0. The largest absolute Gasteiger partial charge is 0.497 e. The van der Waals surface area contributed by atoms with Gasteiger partial charge in [0.1, 0.15) is 17.2 Å². The summed E-state index contributed by atoms with van der Waals surface area (Å²) in [5, 5.41) is 0. The van der Waals surface area contributed by atoms with Gasteiger partial charge in [-0.25, -0.2) is 0 Å². The molecule has 4 rings (SSSR count). The van der Waals surface area contributed by atoms with Crippen molar-refractivity contribution >= 4 is 17.8 Å². The highest BCUT2D eigenvalue weighted by molar-refractivity contribution is 6.15. The standard InChI is InChI=1S/C28H26O8/c1-16-21(35-25(29)15-17-6-8-19(31-2)9-7-17)11-10-20-26(30)22(36-27(16)20)12-18-13-23(32-3)28(34-5)24(14-18)33-4/h6-14H,15H2,1-5H3/b22-12-. The fourth-order valence-corrected chi connectivity index (χ4v) is 3.88. The van der Waals surface area contributed by atoms with Gasteiger partial charge in [-0.3, -0.25) is 9.59 Å². The highest BCUT2D eigenvalue weighted by atomic mass is 16.5. The average Bonchev–Trinajstić information content (AvgIpc) is 3.21. The van der Waals surface area contributed by atoms with Gasteiger partial charge in [0.2, 0.25) is 11.5 Å². The first kappa shape index (κ1) is 24.7. The molecule has 8 heteroatoms. The third kappa shape index (κ3) is 4.84. The molecule has 0 unspecified atom stereocenters. The lowest BCUT2D eigenvalue weighted by atomic mass is 10.1. The van der Waals surface area contributed by atoms with Crippen molar-refractivity contribution in [3.05, 3.63) is 76.5 Å². The number of fused-ring (bicyclic) bond motifs is 1. The molecular formula is C28H26O8. The van der Waals surface area contributed by atoms with Crippen LogP contribution in [0.25, 0.3) is 6.08 Å². The number of carbonyl (C=O) groups excluding carboxylic acids is 2. The summed E-state index contributed by atoms with van der Waals surface area (Å²) in [4.78, 5) is 25.5. The van der Waals surface area contributed by atoms with Crippen molar-refractivity contribution in [3.63, 3.8) is 0 Å². The van der Waals surface area contributed by atoms with E-state index in [0.29, 0.717) is 51.2 Å². The van der Waals surface area contributed by atoms with Gasteiger partial charge in [0.25, 0.3) is 0 Å². The smallest absolute Gasteiger partial charge is 0.315 e. The van der Waals surface area contributed by atoms with Gasteiger partial charge in [0, 0.05) is 5.56 Å². The molecule has 186 valence electrons. The van der Waals surface area contributed by atoms with Crippen molar-refractivity contribution in [3.8, 4) is 34.5 Å². The number of hydrogen-bond donors (Lipinski definition) is 0. The van der Waals surface area contributed by atoms with Crippen LogP contribution in [0.1, 0.15) is 27.0 Å². The van der Waals surface area contributed by atoms with E-state index >= 15 is 0 Å². The normalized spacial score (nSPS) is 13.1. The summed E-state index contributed by atoms with van der Waals surface area (Å²) in [5.74, 6) is 2.16. The minimum Gasteiger partial charge on any atom is -0.497 e. The molecule has 0 spiro atoms. The van der Waals surface area contributed by atoms with E-state index in [1.165, 1.54) is 21.3 Å². The highest BCUT2D eigenvalue weighted by Crippen LogP contribution is 2.41. The summed E-state index contributed by atoms with van der Waals surface area (Å²) in [6, 6.07) is 13.8. The zero-order valence-electron chi connectivity index (χ0n) is 20.7. The second-order valence-electron chi connectivity index (χ2n) is 7.96. The SMILES string of the molecule is COc1ccc(CC(=O)Oc2ccc3c(c2C)O/C(=C\c2cc(OC)c(OC)c(OC)c2)C3=O)cc1. The van der Waals surface area contributed by atoms with Gasteiger partial charge in [-0.15, -0.1) is 0 Å². The molecule has 0 atom stereocenters. The maximum atomic E-state index is 13.0. The second-order valence-corrected chi connectivity index (χ2v) is 7.96. The number of ether oxygens (including phenoxy) is 6. The zero-order chi connectivity index (χ0) is 25.8. The van der Waals surface area contributed by atoms with E-state index in [0.717, 1.165) is 5.56 Å². The Morgan fingerprint density at radius 1 is 0.861 bits per heavy atom. The molecule has 0 fully saturated rings. The number of Topliss-reactive ketones (excluding diaryl/α,β-unsaturated/α-hetero) is 1. The molecule has 1 aliphatic rings. The maximum absolute atomic E-state index is 13.0. The van der Waals surface area contributed by atoms with Gasteiger partial charge in [-0.2, -0.15) is 0 Å². The lowest BCUT2D eigenvalue weighted by molar-refractivity contribution is -0.133. The molecule has 0 radical (unpaired) electrons. The fraction of sp³-hybridized carbons (Fsp3) is 0.214. The van der Waals surface area contributed by atoms with Gasteiger partial charge < -0.3 is 28.4 Å². The quantitative estimate of drug-likeness (QED) is 0.253. The Balaban J connectivity index is 1.55. The number of hydrogen-bond acceptors (Lipinski definition) is 8. The third-order valence-electron chi connectivity index (χ3n) is 5.75. The molecule has 36 heavy (non-hydrogen) atoms. The van der Waals surface area contributed by atoms with Crippen molar-refractivity contribution in [1.82, 2.24) is 0 Å². The molecule has 0 N–H and O–H groups in total. The van der Waals surface area contributed by atoms with Gasteiger partial charge >= 0.3 is 5.97 Å². The Kier molecular flexibility index (Phi) is 7.15. The minimum atomic E-state index is -0.430. The Bertz CT molecular complexity index is 1310. The molecular weight excluding hydrogens is 464 g/mol. The van der Waals surface area contributed by atoms with Crippen molar-refractivity contribution in [1.29, 1.82) is 0 Å². The van der Waals surface area contributed by atoms with Gasteiger partial charge in [-0.05, 0) is 60.5 Å². The first-order chi connectivity index (χ1) is 17.4. The number of rotatable bonds is 8. The number of esters is 1. The summed E-state index contributed by atoms with van der Waals surface area (Å²) in [6.45, 7) is 1.74. The van der Waals surface area contributed by atoms with E-state index in [1.807, 2.05) is 0 Å². The highest BCUT2D eigenvalue weighted by Gasteiger charge is 2.31. The average molecular weight is 491 g/mol. The van der Waals surface area contributed by atoms with Crippen LogP contribution in [0, 0.1) is 6.92 Å². The van der Waals surface area contributed by atoms with Gasteiger partial charge in [0.15, 0.2) is 17.3 Å². The molecule has 0 saturated heterocycles. The fourth-order valence-electron chi connectivity index (χ4n) is 3.88. The number of ketones is 1. The first-order valence-corrected chi connectivity index (χ1v) is 11.1. The van der Waals surface area contributed by atoms with E-state index in [2.05, 4.69) is 0 Å². The molecule has 1 heterocycles. The van der Waals surface area contributed by atoms with Crippen LogP contribution < -0.4 is 28.4 Å². The van der Waals surface area contributed by atoms with E-state index in [9.17, 15) is 9.59 Å². The van der Waals surface area contributed by atoms with Gasteiger partial charge in [-0.1, -0.05) is 12.1 Å². The van der Waals surface area contributed by atoms with Crippen molar-refractivity contribution in [2.24, 2.45) is 0 Å². The third-order valence-corrected chi connectivity index (χ3v) is 5.75. The van der Waals surface area contributed by atoms with E-state index < -0.39 is 5.97 Å². The van der Waals surface area contributed by atoms with Crippen LogP contribution >= 0.6 is 0 Å². The molecule has 0 saturated carbocycles. The Morgan fingerprint density at radius 3 is 2.11 bits per heavy atom. The Labute approximate surface area is 209 Å². The predicted molar refractivity (Wildman–Crippen MR) is 133 cm³/mol. The number of allylic oxidation sites excluding steroid dienone is 1. The second kappa shape index (κ2) is 10.4. The van der Waals surface area contributed by atoms with E-state index in [4.69, 9.17) is 28.4 Å². The van der Waals surface area contributed by atoms with Crippen LogP contribution in [0.15, 0.2) is 54.3 Å². The maximum Gasteiger partial charge on any atom is 0.315 e. The van der Waals surface area contributed by atoms with Crippen LogP contribution in [0.4, 0.5) is 0 Å². The molecule has 8 nitrogen and oxygen atoms in total. The topological polar surface area (TPSA) is 89.5 Å². The molecule has 0 amide bonds. The first-order valence-electron chi connectivity index (χ1n) is 11.1. The summed E-state index contributed by atoms with van der Waals surface area (Å²) < 4.78 is 32.7. The number of benzene rings is 3. The predicted octanol–water partition coefficient (Wildman–Crippen LogP) is 4.79. The Morgan fingerprint density at radius 2 is 1.53 bits per heavy atom. The van der Waals surface area contributed by atoms with Crippen LogP contribution in [0.2, 0.25) is 0 Å². The molecule has 0 aliphatic carbocycles. The zero-order valence-corrected chi connectivity index (χ0v) is 20.7. The summed E-state index contributed by atoms with van der Waals surface area (Å²) in [5.41, 5.74) is 2.37. The van der Waals surface area contributed by atoms with E-state index in [-0.39, 0.29) is 18.0 Å². The Hall–Kier alpha value is -4.46. The van der Waals surface area contributed by atoms with Crippen molar-refractivity contribution in [2.75, 3.05) is 28.4 Å². The van der Waals surface area contributed by atoms with Crippen LogP contribution in [0.3, 0.4) is 0 Å². The van der Waals surface area contributed by atoms with Gasteiger partial charge in [0.05, 0.1) is 40.4 Å². The van der Waals surface area contributed by atoms with Crippen LogP contribution in [-0.4, -0.2) is 40.2 Å². The lowest BCUT2D eigenvalue weighted by Gasteiger charge is -2.13.